The molecule has 0 aromatic heterocycles. The predicted molar refractivity (Wildman–Crippen MR) is 40.6 cm³/mol. The molecule has 10 heavy (non-hydrogen) atoms. The third-order valence-electron chi connectivity index (χ3n) is 0.663. The molecule has 0 aromatic carbocycles. The molecule has 1 amide bonds. The van der Waals surface area contributed by atoms with E-state index in [-0.39, 0.29) is 11.5 Å². The number of hydrogen-bond donors (Lipinski definition) is 2. The molecule has 0 radical (unpaired) electrons. The summed E-state index contributed by atoms with van der Waals surface area (Å²) in [4.78, 5) is 13.8. The molecule has 4 nitrogen and oxygen atoms in total. The predicted octanol–water partition coefficient (Wildman–Crippen LogP) is -0.154. The van der Waals surface area contributed by atoms with Gasteiger partial charge in [0.1, 0.15) is 0 Å². The lowest BCUT2D eigenvalue weighted by molar-refractivity contribution is -0.108. The van der Waals surface area contributed by atoms with Gasteiger partial charge in [-0.25, -0.2) is 4.99 Å². The van der Waals surface area contributed by atoms with Crippen LogP contribution in [-0.2, 0) is 4.79 Å². The van der Waals surface area contributed by atoms with E-state index in [1.165, 1.54) is 0 Å². The topological polar surface area (TPSA) is 67.5 Å². The van der Waals surface area contributed by atoms with Crippen molar-refractivity contribution < 1.29 is 4.79 Å². The zero-order valence-electron chi connectivity index (χ0n) is 6.51. The van der Waals surface area contributed by atoms with Crippen molar-refractivity contribution in [1.29, 1.82) is 0 Å². The molecule has 0 saturated carbocycles. The monoisotopic (exact) mass is 143 g/mol. The van der Waals surface area contributed by atoms with E-state index in [1.54, 1.807) is 0 Å². The molecule has 58 valence electrons. The van der Waals surface area contributed by atoms with Crippen molar-refractivity contribution in [2.75, 3.05) is 0 Å². The zero-order valence-corrected chi connectivity index (χ0v) is 6.51. The van der Waals surface area contributed by atoms with Gasteiger partial charge in [0.15, 0.2) is 5.96 Å². The second-order valence-electron chi connectivity index (χ2n) is 2.93. The molecule has 0 atom stereocenters. The molecule has 0 aliphatic carbocycles. The van der Waals surface area contributed by atoms with E-state index in [1.807, 2.05) is 20.8 Å². The number of hydrogen-bond acceptors (Lipinski definition) is 2. The van der Waals surface area contributed by atoms with Crippen molar-refractivity contribution in [3.8, 4) is 0 Å². The lowest BCUT2D eigenvalue weighted by Gasteiger charge is -2.12. The summed E-state index contributed by atoms with van der Waals surface area (Å²) in [5.41, 5.74) is 5.04. The molecule has 0 spiro atoms. The van der Waals surface area contributed by atoms with Gasteiger partial charge in [0.05, 0.1) is 5.54 Å². The van der Waals surface area contributed by atoms with E-state index in [0.717, 1.165) is 0 Å². The van der Waals surface area contributed by atoms with Gasteiger partial charge >= 0.3 is 0 Å². The molecule has 0 aliphatic rings. The molecule has 0 fully saturated rings. The molecular weight excluding hydrogens is 130 g/mol. The lowest BCUT2D eigenvalue weighted by atomic mass is 10.1. The van der Waals surface area contributed by atoms with Crippen LogP contribution in [-0.4, -0.2) is 17.9 Å². The molecule has 0 saturated heterocycles. The standard InChI is InChI=1S/C6H13N3O/c1-6(2,3)9-5(7)8-4-10/h4H,1-3H3,(H3,7,8,9,10). The Morgan fingerprint density at radius 3 is 2.40 bits per heavy atom. The SMILES string of the molecule is CC(C)(C)N=C(N)NC=O. The number of nitrogens with zero attached hydrogens (tertiary/aromatic N) is 1. The van der Waals surface area contributed by atoms with Gasteiger partial charge in [0.2, 0.25) is 6.41 Å². The molecule has 0 unspecified atom stereocenters. The Bertz CT molecular complexity index is 146. The highest BCUT2D eigenvalue weighted by atomic mass is 16.1. The highest BCUT2D eigenvalue weighted by Gasteiger charge is 2.06. The summed E-state index contributed by atoms with van der Waals surface area (Å²) in [7, 11) is 0. The molecule has 0 bridgehead atoms. The largest absolute Gasteiger partial charge is 0.370 e. The van der Waals surface area contributed by atoms with E-state index in [9.17, 15) is 4.79 Å². The number of guanidine groups is 1. The maximum absolute atomic E-state index is 9.83. The maximum Gasteiger partial charge on any atom is 0.213 e. The van der Waals surface area contributed by atoms with Gasteiger partial charge in [-0.15, -0.1) is 0 Å². The number of nitrogens with one attached hydrogen (secondary N) is 1. The highest BCUT2D eigenvalue weighted by molar-refractivity contribution is 5.87. The molecular formula is C6H13N3O. The summed E-state index contributed by atoms with van der Waals surface area (Å²) in [6, 6.07) is 0. The van der Waals surface area contributed by atoms with Crippen LogP contribution in [0.15, 0.2) is 4.99 Å². The Morgan fingerprint density at radius 2 is 2.10 bits per heavy atom. The summed E-state index contributed by atoms with van der Waals surface area (Å²) >= 11 is 0. The van der Waals surface area contributed by atoms with Gasteiger partial charge < -0.3 is 5.73 Å². The van der Waals surface area contributed by atoms with E-state index >= 15 is 0 Å². The number of rotatable bonds is 1. The summed E-state index contributed by atoms with van der Waals surface area (Å²) in [5, 5.41) is 2.25. The summed E-state index contributed by atoms with van der Waals surface area (Å²) < 4.78 is 0. The average Bonchev–Trinajstić information content (AvgIpc) is 1.59. The third-order valence-corrected chi connectivity index (χ3v) is 0.663. The number of amides is 1. The molecule has 0 rings (SSSR count). The number of carbonyl (C=O) groups excluding carboxylic acids is 1. The second-order valence-corrected chi connectivity index (χ2v) is 2.93. The van der Waals surface area contributed by atoms with Crippen molar-refractivity contribution in [3.05, 3.63) is 0 Å². The van der Waals surface area contributed by atoms with Crippen LogP contribution in [0.4, 0.5) is 0 Å². The van der Waals surface area contributed by atoms with Crippen molar-refractivity contribution >= 4 is 12.4 Å². The fraction of sp³-hybridized carbons (Fsp3) is 0.667. The first kappa shape index (κ1) is 8.94. The fourth-order valence-electron chi connectivity index (χ4n) is 0.454. The Kier molecular flexibility index (Phi) is 2.86. The Balaban J connectivity index is 4.02. The average molecular weight is 143 g/mol. The van der Waals surface area contributed by atoms with Gasteiger partial charge in [-0.1, -0.05) is 0 Å². The summed E-state index contributed by atoms with van der Waals surface area (Å²) in [6.45, 7) is 5.69. The molecule has 3 N–H and O–H groups in total. The molecule has 4 heteroatoms. The first-order chi connectivity index (χ1) is 4.45. The van der Waals surface area contributed by atoms with Crippen LogP contribution < -0.4 is 11.1 Å². The van der Waals surface area contributed by atoms with Crippen LogP contribution in [0, 0.1) is 0 Å². The van der Waals surface area contributed by atoms with Crippen LogP contribution in [0.25, 0.3) is 0 Å². The lowest BCUT2D eigenvalue weighted by Crippen LogP contribution is -2.33. The minimum atomic E-state index is -0.236. The molecule has 0 aromatic rings. The Morgan fingerprint density at radius 1 is 1.60 bits per heavy atom. The van der Waals surface area contributed by atoms with Crippen molar-refractivity contribution in [2.45, 2.75) is 26.3 Å². The van der Waals surface area contributed by atoms with Crippen molar-refractivity contribution in [3.63, 3.8) is 0 Å². The van der Waals surface area contributed by atoms with E-state index in [0.29, 0.717) is 6.41 Å². The fourth-order valence-corrected chi connectivity index (χ4v) is 0.454. The zero-order chi connectivity index (χ0) is 8.20. The summed E-state index contributed by atoms with van der Waals surface area (Å²) in [5.74, 6) is 0.155. The van der Waals surface area contributed by atoms with Crippen LogP contribution in [0.1, 0.15) is 20.8 Å². The smallest absolute Gasteiger partial charge is 0.213 e. The van der Waals surface area contributed by atoms with E-state index < -0.39 is 0 Å². The second kappa shape index (κ2) is 3.20. The van der Waals surface area contributed by atoms with Crippen LogP contribution in [0.5, 0.6) is 0 Å². The number of aliphatic imine (C=N–C) groups is 1. The van der Waals surface area contributed by atoms with Gasteiger partial charge in [0.25, 0.3) is 0 Å². The third kappa shape index (κ3) is 5.08. The molecule has 0 heterocycles. The quantitative estimate of drug-likeness (QED) is 0.304. The van der Waals surface area contributed by atoms with E-state index in [2.05, 4.69) is 10.3 Å². The minimum absolute atomic E-state index is 0.155. The van der Waals surface area contributed by atoms with Gasteiger partial charge in [0, 0.05) is 0 Å². The summed E-state index contributed by atoms with van der Waals surface area (Å²) in [6.07, 6.45) is 0.505. The van der Waals surface area contributed by atoms with Gasteiger partial charge in [-0.05, 0) is 20.8 Å². The van der Waals surface area contributed by atoms with Gasteiger partial charge in [-0.2, -0.15) is 0 Å². The minimum Gasteiger partial charge on any atom is -0.370 e. The first-order valence-corrected chi connectivity index (χ1v) is 3.01. The highest BCUT2D eigenvalue weighted by Crippen LogP contribution is 2.04. The van der Waals surface area contributed by atoms with Crippen LogP contribution in [0.3, 0.4) is 0 Å². The van der Waals surface area contributed by atoms with Crippen molar-refractivity contribution in [2.24, 2.45) is 10.7 Å². The Hall–Kier alpha value is -1.06. The van der Waals surface area contributed by atoms with Gasteiger partial charge in [-0.3, -0.25) is 10.1 Å². The number of nitrogens with two attached hydrogens (primary N) is 1. The van der Waals surface area contributed by atoms with Crippen LogP contribution in [0.2, 0.25) is 0 Å². The molecule has 0 aliphatic heterocycles. The number of carbonyl (C=O) groups is 1. The van der Waals surface area contributed by atoms with Crippen molar-refractivity contribution in [1.82, 2.24) is 5.32 Å². The van der Waals surface area contributed by atoms with E-state index in [4.69, 9.17) is 5.73 Å². The Labute approximate surface area is 60.5 Å². The first-order valence-electron chi connectivity index (χ1n) is 3.01. The van der Waals surface area contributed by atoms with Crippen LogP contribution >= 0.6 is 0 Å². The maximum atomic E-state index is 9.83. The normalized spacial score (nSPS) is 12.9.